The first-order valence-corrected chi connectivity index (χ1v) is 13.3. The molecule has 1 saturated heterocycles. The highest BCUT2D eigenvalue weighted by Gasteiger charge is 2.37. The lowest BCUT2D eigenvalue weighted by Gasteiger charge is -2.31. The van der Waals surface area contributed by atoms with Crippen LogP contribution in [0.3, 0.4) is 0 Å². The molecule has 2 heterocycles. The van der Waals surface area contributed by atoms with Crippen molar-refractivity contribution in [1.82, 2.24) is 9.62 Å². The minimum absolute atomic E-state index is 0.129. The zero-order valence-corrected chi connectivity index (χ0v) is 19.9. The van der Waals surface area contributed by atoms with E-state index in [1.165, 1.54) is 16.4 Å². The quantitative estimate of drug-likeness (QED) is 0.675. The van der Waals surface area contributed by atoms with Crippen LogP contribution in [0.15, 0.2) is 47.4 Å². The molecule has 5 rings (SSSR count). The summed E-state index contributed by atoms with van der Waals surface area (Å²) in [6.45, 7) is 2.94. The number of ether oxygens (including phenoxy) is 3. The Hall–Kier alpha value is -2.62. The van der Waals surface area contributed by atoms with Crippen LogP contribution in [-0.4, -0.2) is 64.7 Å². The van der Waals surface area contributed by atoms with Gasteiger partial charge in [-0.2, -0.15) is 4.31 Å². The van der Waals surface area contributed by atoms with Crippen molar-refractivity contribution in [2.75, 3.05) is 46.1 Å². The first kappa shape index (κ1) is 23.1. The summed E-state index contributed by atoms with van der Waals surface area (Å²) in [6, 6.07) is 12.3. The number of carbonyl (C=O) groups excluding carboxylic acids is 1. The topological polar surface area (TPSA) is 94.2 Å². The average molecular weight is 487 g/mol. The molecular formula is C25H30N2O6S. The summed E-state index contributed by atoms with van der Waals surface area (Å²) in [4.78, 5) is 13.2. The maximum atomic E-state index is 13.1. The third kappa shape index (κ3) is 4.52. The summed E-state index contributed by atoms with van der Waals surface area (Å²) >= 11 is 0. The van der Waals surface area contributed by atoms with Gasteiger partial charge >= 0.3 is 0 Å². The normalized spacial score (nSPS) is 20.1. The predicted octanol–water partition coefficient (Wildman–Crippen LogP) is 2.72. The van der Waals surface area contributed by atoms with Crippen LogP contribution >= 0.6 is 0 Å². The summed E-state index contributed by atoms with van der Waals surface area (Å²) in [5.74, 6) is 1.23. The molecule has 0 radical (unpaired) electrons. The number of fused-ring (bicyclic) bond motifs is 1. The molecule has 34 heavy (non-hydrogen) atoms. The molecule has 0 unspecified atom stereocenters. The van der Waals surface area contributed by atoms with Crippen molar-refractivity contribution in [3.63, 3.8) is 0 Å². The van der Waals surface area contributed by atoms with Gasteiger partial charge in [-0.25, -0.2) is 8.42 Å². The summed E-state index contributed by atoms with van der Waals surface area (Å²) in [5, 5.41) is 3.08. The second-order valence-corrected chi connectivity index (χ2v) is 11.0. The molecule has 1 aliphatic carbocycles. The SMILES string of the molecule is O=C(NCC1(c2ccc3c(c2)OCCO3)CCCC1)c1cccc(S(=O)(=O)N2CCOCC2)c1. The first-order chi connectivity index (χ1) is 16.5. The Morgan fingerprint density at radius 2 is 1.68 bits per heavy atom. The van der Waals surface area contributed by atoms with E-state index in [4.69, 9.17) is 14.2 Å². The Labute approximate surface area is 200 Å². The van der Waals surface area contributed by atoms with Crippen LogP contribution in [0.5, 0.6) is 11.5 Å². The molecule has 1 amide bonds. The smallest absolute Gasteiger partial charge is 0.251 e. The van der Waals surface area contributed by atoms with Gasteiger partial charge in [-0.1, -0.05) is 25.0 Å². The van der Waals surface area contributed by atoms with Crippen molar-refractivity contribution in [2.45, 2.75) is 36.0 Å². The van der Waals surface area contributed by atoms with Gasteiger partial charge in [-0.15, -0.1) is 0 Å². The lowest BCUT2D eigenvalue weighted by atomic mass is 9.78. The van der Waals surface area contributed by atoms with Crippen molar-refractivity contribution in [3.05, 3.63) is 53.6 Å². The number of benzene rings is 2. The van der Waals surface area contributed by atoms with E-state index >= 15 is 0 Å². The third-order valence-corrected chi connectivity index (χ3v) is 8.90. The first-order valence-electron chi connectivity index (χ1n) is 11.8. The summed E-state index contributed by atoms with van der Waals surface area (Å²) in [5.41, 5.74) is 1.30. The third-order valence-electron chi connectivity index (χ3n) is 7.01. The molecule has 0 atom stereocenters. The van der Waals surface area contributed by atoms with Crippen LogP contribution in [0.2, 0.25) is 0 Å². The summed E-state index contributed by atoms with van der Waals surface area (Å²) < 4.78 is 44.1. The zero-order chi connectivity index (χ0) is 23.6. The number of nitrogens with zero attached hydrogens (tertiary/aromatic N) is 1. The van der Waals surface area contributed by atoms with Crippen molar-refractivity contribution in [1.29, 1.82) is 0 Å². The molecule has 0 aromatic heterocycles. The van der Waals surface area contributed by atoms with Crippen molar-refractivity contribution in [3.8, 4) is 11.5 Å². The molecule has 2 aromatic carbocycles. The Bertz CT molecular complexity index is 1150. The largest absolute Gasteiger partial charge is 0.486 e. The number of hydrogen-bond donors (Lipinski definition) is 1. The Kier molecular flexibility index (Phi) is 6.50. The minimum Gasteiger partial charge on any atom is -0.486 e. The van der Waals surface area contributed by atoms with Gasteiger partial charge in [0.15, 0.2) is 11.5 Å². The van der Waals surface area contributed by atoms with Crippen LogP contribution in [0, 0.1) is 0 Å². The number of carbonyl (C=O) groups is 1. The lowest BCUT2D eigenvalue weighted by Crippen LogP contribution is -2.41. The number of amides is 1. The van der Waals surface area contributed by atoms with E-state index in [-0.39, 0.29) is 16.2 Å². The molecule has 1 N–H and O–H groups in total. The van der Waals surface area contributed by atoms with E-state index in [1.807, 2.05) is 12.1 Å². The van der Waals surface area contributed by atoms with Gasteiger partial charge in [0, 0.05) is 30.6 Å². The fourth-order valence-corrected chi connectivity index (χ4v) is 6.53. The van der Waals surface area contributed by atoms with E-state index in [2.05, 4.69) is 11.4 Å². The van der Waals surface area contributed by atoms with Crippen LogP contribution in [-0.2, 0) is 20.2 Å². The highest BCUT2D eigenvalue weighted by Crippen LogP contribution is 2.43. The molecule has 9 heteroatoms. The fraction of sp³-hybridized carbons (Fsp3) is 0.480. The number of sulfonamides is 1. The van der Waals surface area contributed by atoms with E-state index in [0.717, 1.165) is 42.7 Å². The fourth-order valence-electron chi connectivity index (χ4n) is 5.08. The van der Waals surface area contributed by atoms with E-state index in [1.54, 1.807) is 12.1 Å². The van der Waals surface area contributed by atoms with E-state index < -0.39 is 10.0 Å². The maximum absolute atomic E-state index is 13.1. The molecule has 3 aliphatic rings. The molecular weight excluding hydrogens is 456 g/mol. The summed E-state index contributed by atoms with van der Waals surface area (Å²) in [7, 11) is -3.66. The van der Waals surface area contributed by atoms with Crippen molar-refractivity contribution >= 4 is 15.9 Å². The average Bonchev–Trinajstić information content (AvgIpc) is 3.38. The maximum Gasteiger partial charge on any atom is 0.251 e. The summed E-state index contributed by atoms with van der Waals surface area (Å²) in [6.07, 6.45) is 4.13. The second-order valence-electron chi connectivity index (χ2n) is 9.07. The molecule has 2 fully saturated rings. The van der Waals surface area contributed by atoms with Gasteiger partial charge in [-0.3, -0.25) is 4.79 Å². The highest BCUT2D eigenvalue weighted by molar-refractivity contribution is 7.89. The monoisotopic (exact) mass is 486 g/mol. The van der Waals surface area contributed by atoms with Crippen LogP contribution in [0.4, 0.5) is 0 Å². The highest BCUT2D eigenvalue weighted by atomic mass is 32.2. The van der Waals surface area contributed by atoms with Gasteiger partial charge in [0.05, 0.1) is 18.1 Å². The van der Waals surface area contributed by atoms with Crippen LogP contribution < -0.4 is 14.8 Å². The van der Waals surface area contributed by atoms with Crippen molar-refractivity contribution < 1.29 is 27.4 Å². The lowest BCUT2D eigenvalue weighted by molar-refractivity contribution is 0.0730. The van der Waals surface area contributed by atoms with E-state index in [0.29, 0.717) is 51.6 Å². The molecule has 0 bridgehead atoms. The number of nitrogens with one attached hydrogen (secondary N) is 1. The molecule has 2 aromatic rings. The van der Waals surface area contributed by atoms with Gasteiger partial charge < -0.3 is 19.5 Å². The molecule has 182 valence electrons. The number of hydrogen-bond acceptors (Lipinski definition) is 6. The van der Waals surface area contributed by atoms with Gasteiger partial charge in [0.2, 0.25) is 10.0 Å². The number of rotatable bonds is 6. The standard InChI is InChI=1S/C25H30N2O6S/c28-24(19-4-3-5-21(16-19)34(29,30)27-10-12-31-13-11-27)26-18-25(8-1-2-9-25)20-6-7-22-23(17-20)33-15-14-32-22/h3-7,16-17H,1-2,8-15,18H2,(H,26,28). The van der Waals surface area contributed by atoms with Crippen LogP contribution in [0.25, 0.3) is 0 Å². The van der Waals surface area contributed by atoms with Crippen molar-refractivity contribution in [2.24, 2.45) is 0 Å². The second kappa shape index (κ2) is 9.56. The van der Waals surface area contributed by atoms with Gasteiger partial charge in [-0.05, 0) is 48.7 Å². The molecule has 8 nitrogen and oxygen atoms in total. The van der Waals surface area contributed by atoms with E-state index in [9.17, 15) is 13.2 Å². The Morgan fingerprint density at radius 3 is 2.44 bits per heavy atom. The van der Waals surface area contributed by atoms with Gasteiger partial charge in [0.1, 0.15) is 13.2 Å². The number of morpholine rings is 1. The van der Waals surface area contributed by atoms with Crippen LogP contribution in [0.1, 0.15) is 41.6 Å². The zero-order valence-electron chi connectivity index (χ0n) is 19.1. The minimum atomic E-state index is -3.66. The Morgan fingerprint density at radius 1 is 0.941 bits per heavy atom. The predicted molar refractivity (Wildman–Crippen MR) is 126 cm³/mol. The molecule has 0 spiro atoms. The molecule has 2 aliphatic heterocycles. The van der Waals surface area contributed by atoms with Gasteiger partial charge in [0.25, 0.3) is 5.91 Å². The molecule has 1 saturated carbocycles. The Balaban J connectivity index is 1.32.